The first-order valence-corrected chi connectivity index (χ1v) is 8.87. The predicted octanol–water partition coefficient (Wildman–Crippen LogP) is 3.36. The third-order valence-electron chi connectivity index (χ3n) is 3.13. The van der Waals surface area contributed by atoms with Gasteiger partial charge >= 0.3 is 0 Å². The molecule has 1 heterocycles. The molecule has 0 saturated carbocycles. The zero-order chi connectivity index (χ0) is 17.6. The van der Waals surface area contributed by atoms with Crippen molar-refractivity contribution in [1.29, 1.82) is 0 Å². The standard InChI is InChI=1S/C18H32N4O2.HI/c1-5-19-18(20-11-7-8-12-23-6-2)22-14-16-9-10-17(21-13-16)24-15(3)4;/h9-10,13,15H,5-8,11-12,14H2,1-4H3,(H2,19,20,22);1H. The van der Waals surface area contributed by atoms with Crippen LogP contribution in [0.4, 0.5) is 0 Å². The third kappa shape index (κ3) is 12.0. The lowest BCUT2D eigenvalue weighted by Gasteiger charge is -2.11. The van der Waals surface area contributed by atoms with E-state index in [1.807, 2.05) is 39.1 Å². The number of hydrogen-bond acceptors (Lipinski definition) is 4. The summed E-state index contributed by atoms with van der Waals surface area (Å²) in [5.74, 6) is 1.48. The molecule has 0 saturated heterocycles. The Hall–Kier alpha value is -1.09. The second-order valence-corrected chi connectivity index (χ2v) is 5.70. The molecule has 0 aliphatic carbocycles. The predicted molar refractivity (Wildman–Crippen MR) is 114 cm³/mol. The molecule has 0 unspecified atom stereocenters. The van der Waals surface area contributed by atoms with Gasteiger partial charge in [0.2, 0.25) is 5.88 Å². The molecule has 7 heteroatoms. The molecule has 0 bridgehead atoms. The lowest BCUT2D eigenvalue weighted by atomic mass is 10.3. The minimum atomic E-state index is 0. The Kier molecular flexibility index (Phi) is 14.5. The summed E-state index contributed by atoms with van der Waals surface area (Å²) in [6, 6.07) is 3.89. The first-order chi connectivity index (χ1) is 11.7. The number of unbranched alkanes of at least 4 members (excludes halogenated alkanes) is 1. The van der Waals surface area contributed by atoms with Crippen LogP contribution >= 0.6 is 24.0 Å². The maximum absolute atomic E-state index is 5.54. The molecule has 0 aliphatic heterocycles. The molecule has 0 spiro atoms. The van der Waals surface area contributed by atoms with Crippen molar-refractivity contribution in [3.05, 3.63) is 23.9 Å². The van der Waals surface area contributed by atoms with Crippen LogP contribution in [0, 0.1) is 0 Å². The average Bonchev–Trinajstić information content (AvgIpc) is 2.56. The van der Waals surface area contributed by atoms with Gasteiger partial charge in [-0.1, -0.05) is 6.07 Å². The van der Waals surface area contributed by atoms with Crippen LogP contribution in [0.2, 0.25) is 0 Å². The van der Waals surface area contributed by atoms with Crippen LogP contribution in [0.5, 0.6) is 5.88 Å². The number of pyridine rings is 1. The molecule has 0 aromatic carbocycles. The van der Waals surface area contributed by atoms with Gasteiger partial charge in [0.15, 0.2) is 5.96 Å². The smallest absolute Gasteiger partial charge is 0.213 e. The summed E-state index contributed by atoms with van der Waals surface area (Å²) in [5, 5.41) is 6.60. The van der Waals surface area contributed by atoms with Gasteiger partial charge in [0, 0.05) is 38.6 Å². The second kappa shape index (κ2) is 15.2. The van der Waals surface area contributed by atoms with Crippen molar-refractivity contribution in [2.75, 3.05) is 26.3 Å². The molecule has 0 radical (unpaired) electrons. The number of rotatable bonds is 11. The van der Waals surface area contributed by atoms with E-state index in [9.17, 15) is 0 Å². The van der Waals surface area contributed by atoms with E-state index in [1.54, 1.807) is 0 Å². The van der Waals surface area contributed by atoms with E-state index in [2.05, 4.69) is 27.5 Å². The Labute approximate surface area is 169 Å². The fourth-order valence-corrected chi connectivity index (χ4v) is 2.01. The highest BCUT2D eigenvalue weighted by atomic mass is 127. The van der Waals surface area contributed by atoms with Gasteiger partial charge in [-0.3, -0.25) is 0 Å². The maximum Gasteiger partial charge on any atom is 0.213 e. The van der Waals surface area contributed by atoms with Crippen molar-refractivity contribution >= 4 is 29.9 Å². The minimum absolute atomic E-state index is 0. The summed E-state index contributed by atoms with van der Waals surface area (Å²) in [6.45, 7) is 12.0. The molecule has 1 aromatic rings. The van der Waals surface area contributed by atoms with Gasteiger partial charge in [0.25, 0.3) is 0 Å². The zero-order valence-corrected chi connectivity index (χ0v) is 18.2. The Morgan fingerprint density at radius 2 is 2.00 bits per heavy atom. The fourth-order valence-electron chi connectivity index (χ4n) is 2.01. The summed E-state index contributed by atoms with van der Waals surface area (Å²) < 4.78 is 10.9. The van der Waals surface area contributed by atoms with E-state index in [4.69, 9.17) is 9.47 Å². The quantitative estimate of drug-likeness (QED) is 0.228. The summed E-state index contributed by atoms with van der Waals surface area (Å²) >= 11 is 0. The molecule has 0 aliphatic rings. The van der Waals surface area contributed by atoms with Crippen molar-refractivity contribution in [1.82, 2.24) is 15.6 Å². The summed E-state index contributed by atoms with van der Waals surface area (Å²) in [5.41, 5.74) is 1.06. The van der Waals surface area contributed by atoms with E-state index in [-0.39, 0.29) is 30.1 Å². The SMILES string of the molecule is CCNC(=NCc1ccc(OC(C)C)nc1)NCCCCOCC.I. The highest BCUT2D eigenvalue weighted by Gasteiger charge is 2.01. The summed E-state index contributed by atoms with van der Waals surface area (Å²) in [6.07, 6.45) is 4.07. The number of aliphatic imine (C=N–C) groups is 1. The fraction of sp³-hybridized carbons (Fsp3) is 0.667. The van der Waals surface area contributed by atoms with E-state index < -0.39 is 0 Å². The van der Waals surface area contributed by atoms with Crippen LogP contribution in [0.25, 0.3) is 0 Å². The second-order valence-electron chi connectivity index (χ2n) is 5.70. The molecule has 144 valence electrons. The van der Waals surface area contributed by atoms with Crippen molar-refractivity contribution in [3.8, 4) is 5.88 Å². The number of aromatic nitrogens is 1. The van der Waals surface area contributed by atoms with Gasteiger partial charge in [-0.2, -0.15) is 0 Å². The van der Waals surface area contributed by atoms with Gasteiger partial charge in [0.1, 0.15) is 0 Å². The van der Waals surface area contributed by atoms with Crippen molar-refractivity contribution in [2.24, 2.45) is 4.99 Å². The Balaban J connectivity index is 0.00000576. The number of ether oxygens (including phenoxy) is 2. The maximum atomic E-state index is 5.54. The number of guanidine groups is 1. The van der Waals surface area contributed by atoms with Crippen molar-refractivity contribution in [2.45, 2.75) is 53.2 Å². The zero-order valence-electron chi connectivity index (χ0n) is 15.9. The van der Waals surface area contributed by atoms with E-state index in [0.717, 1.165) is 50.7 Å². The van der Waals surface area contributed by atoms with Crippen molar-refractivity contribution in [3.63, 3.8) is 0 Å². The number of hydrogen-bond donors (Lipinski definition) is 2. The molecular weight excluding hydrogens is 431 g/mol. The van der Waals surface area contributed by atoms with E-state index in [1.165, 1.54) is 0 Å². The molecule has 6 nitrogen and oxygen atoms in total. The van der Waals surface area contributed by atoms with Crippen LogP contribution in [0.3, 0.4) is 0 Å². The topological polar surface area (TPSA) is 67.8 Å². The van der Waals surface area contributed by atoms with Gasteiger partial charge < -0.3 is 20.1 Å². The molecule has 1 aromatic heterocycles. The number of nitrogens with one attached hydrogen (secondary N) is 2. The average molecular weight is 464 g/mol. The molecule has 0 amide bonds. The van der Waals surface area contributed by atoms with Gasteiger partial charge in [0.05, 0.1) is 12.6 Å². The van der Waals surface area contributed by atoms with Crippen molar-refractivity contribution < 1.29 is 9.47 Å². The Morgan fingerprint density at radius 3 is 2.60 bits per heavy atom. The normalized spacial score (nSPS) is 11.2. The van der Waals surface area contributed by atoms with Crippen LogP contribution in [-0.2, 0) is 11.3 Å². The number of nitrogens with zero attached hydrogens (tertiary/aromatic N) is 2. The molecule has 25 heavy (non-hydrogen) atoms. The molecule has 1 rings (SSSR count). The lowest BCUT2D eigenvalue weighted by molar-refractivity contribution is 0.143. The third-order valence-corrected chi connectivity index (χ3v) is 3.13. The largest absolute Gasteiger partial charge is 0.475 e. The van der Waals surface area contributed by atoms with Crippen LogP contribution in [0.1, 0.15) is 46.1 Å². The molecular formula is C18H33IN4O2. The highest BCUT2D eigenvalue weighted by Crippen LogP contribution is 2.10. The summed E-state index contributed by atoms with van der Waals surface area (Å²) in [7, 11) is 0. The summed E-state index contributed by atoms with van der Waals surface area (Å²) in [4.78, 5) is 8.89. The Bertz CT molecular complexity index is 467. The van der Waals surface area contributed by atoms with Gasteiger partial charge in [-0.05, 0) is 46.1 Å². The molecule has 0 atom stereocenters. The van der Waals surface area contributed by atoms with Gasteiger partial charge in [-0.15, -0.1) is 24.0 Å². The molecule has 2 N–H and O–H groups in total. The van der Waals surface area contributed by atoms with Crippen LogP contribution in [0.15, 0.2) is 23.3 Å². The first-order valence-electron chi connectivity index (χ1n) is 8.87. The van der Waals surface area contributed by atoms with E-state index in [0.29, 0.717) is 12.4 Å². The Morgan fingerprint density at radius 1 is 1.20 bits per heavy atom. The van der Waals surface area contributed by atoms with Crippen LogP contribution < -0.4 is 15.4 Å². The highest BCUT2D eigenvalue weighted by molar-refractivity contribution is 14.0. The first kappa shape index (κ1) is 23.9. The number of halogens is 1. The monoisotopic (exact) mass is 464 g/mol. The lowest BCUT2D eigenvalue weighted by Crippen LogP contribution is -2.37. The minimum Gasteiger partial charge on any atom is -0.475 e. The van der Waals surface area contributed by atoms with E-state index >= 15 is 0 Å². The van der Waals surface area contributed by atoms with Crippen LogP contribution in [-0.4, -0.2) is 43.4 Å². The molecule has 0 fully saturated rings. The van der Waals surface area contributed by atoms with Gasteiger partial charge in [-0.25, -0.2) is 9.98 Å².